The minimum absolute atomic E-state index is 0.0691. The van der Waals surface area contributed by atoms with Crippen molar-refractivity contribution in [1.29, 1.82) is 10.5 Å². The molecule has 0 bridgehead atoms. The SMILES string of the molecule is COC[C@H]1C[C@@H](NS(=O)(=O)c2cc(Br)ccc2Br)CN1C#N.COC[C@H]1C[C@@H](NS(=O)(=O)c2cc(Cl)ccc2Cl)CN1C#N. The predicted octanol–water partition coefficient (Wildman–Crippen LogP) is 3.90. The maximum atomic E-state index is 12.5. The van der Waals surface area contributed by atoms with Gasteiger partial charge in [-0.05, 0) is 65.2 Å². The van der Waals surface area contributed by atoms with E-state index in [1.165, 1.54) is 29.2 Å². The summed E-state index contributed by atoms with van der Waals surface area (Å²) < 4.78 is 66.4. The van der Waals surface area contributed by atoms with E-state index in [-0.39, 0.29) is 44.0 Å². The van der Waals surface area contributed by atoms with Crippen LogP contribution in [-0.2, 0) is 29.5 Å². The van der Waals surface area contributed by atoms with Gasteiger partial charge in [0.05, 0.1) is 35.2 Å². The molecule has 12 nitrogen and oxygen atoms in total. The van der Waals surface area contributed by atoms with Gasteiger partial charge in [0.25, 0.3) is 0 Å². The van der Waals surface area contributed by atoms with E-state index >= 15 is 0 Å². The topological polar surface area (TPSA) is 165 Å². The first-order chi connectivity index (χ1) is 20.7. The van der Waals surface area contributed by atoms with Crippen molar-refractivity contribution in [2.24, 2.45) is 0 Å². The van der Waals surface area contributed by atoms with Crippen molar-refractivity contribution in [2.45, 2.75) is 46.8 Å². The number of nitrogens with zero attached hydrogens (tertiary/aromatic N) is 4. The largest absolute Gasteiger partial charge is 0.383 e. The molecule has 0 radical (unpaired) electrons. The van der Waals surface area contributed by atoms with Crippen LogP contribution in [0.5, 0.6) is 0 Å². The van der Waals surface area contributed by atoms with E-state index in [1.54, 1.807) is 31.3 Å². The zero-order valence-corrected chi connectivity index (χ0v) is 29.9. The number of rotatable bonds is 10. The van der Waals surface area contributed by atoms with Gasteiger partial charge in [0.1, 0.15) is 4.90 Å². The molecule has 44 heavy (non-hydrogen) atoms. The van der Waals surface area contributed by atoms with Crippen LogP contribution in [0.3, 0.4) is 0 Å². The van der Waals surface area contributed by atoms with Crippen molar-refractivity contribution in [2.75, 3.05) is 40.5 Å². The van der Waals surface area contributed by atoms with Crippen molar-refractivity contribution in [3.8, 4) is 12.4 Å². The lowest BCUT2D eigenvalue weighted by atomic mass is 10.2. The van der Waals surface area contributed by atoms with Crippen molar-refractivity contribution in [1.82, 2.24) is 19.2 Å². The molecule has 4 rings (SSSR count). The van der Waals surface area contributed by atoms with Gasteiger partial charge in [0, 0.05) is 53.4 Å². The number of halogens is 4. The zero-order valence-electron chi connectivity index (χ0n) is 23.6. The number of sulfonamides is 2. The minimum Gasteiger partial charge on any atom is -0.383 e. The molecule has 2 saturated heterocycles. The number of methoxy groups -OCH3 is 2. The fourth-order valence-electron chi connectivity index (χ4n) is 4.88. The van der Waals surface area contributed by atoms with Gasteiger partial charge in [0.2, 0.25) is 20.0 Å². The lowest BCUT2D eigenvalue weighted by Crippen LogP contribution is -2.36. The van der Waals surface area contributed by atoms with Crippen LogP contribution in [0.4, 0.5) is 0 Å². The molecule has 2 N–H and O–H groups in total. The second-order valence-corrected chi connectivity index (χ2v) is 16.0. The zero-order chi connectivity index (χ0) is 32.7. The Labute approximate surface area is 284 Å². The van der Waals surface area contributed by atoms with E-state index in [1.807, 2.05) is 6.19 Å². The standard InChI is InChI=1S/C13H15Br2N3O3S.C13H15Cl2N3O3S/c2*1-21-7-11-5-10(6-18(11)8-16)17-22(19,20)13-4-9(14)2-3-12(13)15/h2*2-4,10-11,17H,5-7H2,1H3/t2*10-,11-/m11/s1. The molecule has 2 aromatic carbocycles. The summed E-state index contributed by atoms with van der Waals surface area (Å²) in [4.78, 5) is 3.16. The van der Waals surface area contributed by atoms with E-state index in [2.05, 4.69) is 47.5 Å². The van der Waals surface area contributed by atoms with Crippen LogP contribution < -0.4 is 9.44 Å². The van der Waals surface area contributed by atoms with Crippen molar-refractivity contribution in [3.63, 3.8) is 0 Å². The quantitative estimate of drug-likeness (QED) is 0.336. The number of hydrogen-bond acceptors (Lipinski definition) is 10. The third-order valence-corrected chi connectivity index (χ3v) is 12.1. The normalized spacial score (nSPS) is 21.8. The molecule has 2 aromatic rings. The fourth-order valence-corrected chi connectivity index (χ4v) is 9.63. The first kappa shape index (κ1) is 36.8. The van der Waals surface area contributed by atoms with E-state index in [9.17, 15) is 16.8 Å². The molecule has 0 unspecified atom stereocenters. The van der Waals surface area contributed by atoms with E-state index < -0.39 is 20.0 Å². The van der Waals surface area contributed by atoms with Crippen molar-refractivity contribution < 1.29 is 26.3 Å². The Morgan fingerprint density at radius 1 is 0.841 bits per heavy atom. The van der Waals surface area contributed by atoms with E-state index in [0.29, 0.717) is 48.1 Å². The highest BCUT2D eigenvalue weighted by Gasteiger charge is 2.36. The number of benzene rings is 2. The Balaban J connectivity index is 0.000000240. The fraction of sp³-hybridized carbons (Fsp3) is 0.462. The average molecular weight is 817 g/mol. The maximum absolute atomic E-state index is 12.5. The lowest BCUT2D eigenvalue weighted by molar-refractivity contribution is 0.141. The third kappa shape index (κ3) is 9.65. The van der Waals surface area contributed by atoms with E-state index in [0.717, 1.165) is 0 Å². The van der Waals surface area contributed by atoms with Crippen LogP contribution in [-0.4, -0.2) is 91.3 Å². The first-order valence-electron chi connectivity index (χ1n) is 13.0. The highest BCUT2D eigenvalue weighted by molar-refractivity contribution is 9.11. The third-order valence-electron chi connectivity index (χ3n) is 6.81. The van der Waals surface area contributed by atoms with Crippen molar-refractivity contribution in [3.05, 3.63) is 55.4 Å². The molecular formula is C26H30Br2Cl2N6O6S2. The summed E-state index contributed by atoms with van der Waals surface area (Å²) in [5.74, 6) is 0. The number of nitrogens with one attached hydrogen (secondary N) is 2. The molecule has 240 valence electrons. The number of nitriles is 2. The average Bonchev–Trinajstić information content (AvgIpc) is 3.53. The van der Waals surface area contributed by atoms with Gasteiger partial charge in [0.15, 0.2) is 12.4 Å². The highest BCUT2D eigenvalue weighted by Crippen LogP contribution is 2.28. The first-order valence-corrected chi connectivity index (χ1v) is 18.3. The van der Waals surface area contributed by atoms with Crippen LogP contribution in [0.2, 0.25) is 10.0 Å². The number of ether oxygens (including phenoxy) is 2. The molecule has 2 aliphatic rings. The van der Waals surface area contributed by atoms with Crippen LogP contribution >= 0.6 is 55.1 Å². The minimum atomic E-state index is -3.81. The molecule has 0 amide bonds. The molecule has 0 saturated carbocycles. The summed E-state index contributed by atoms with van der Waals surface area (Å²) in [6, 6.07) is 8.26. The molecule has 4 atom stereocenters. The Kier molecular flexibility index (Phi) is 13.6. The summed E-state index contributed by atoms with van der Waals surface area (Å²) in [7, 11) is -4.38. The molecule has 2 fully saturated rings. The summed E-state index contributed by atoms with van der Waals surface area (Å²) in [5, 5.41) is 18.6. The number of hydrogen-bond donors (Lipinski definition) is 2. The van der Waals surface area contributed by atoms with Crippen LogP contribution in [0.25, 0.3) is 0 Å². The Morgan fingerprint density at radius 3 is 1.82 bits per heavy atom. The second kappa shape index (κ2) is 16.2. The predicted molar refractivity (Wildman–Crippen MR) is 172 cm³/mol. The smallest absolute Gasteiger partial charge is 0.242 e. The Bertz CT molecular complexity index is 1500. The summed E-state index contributed by atoms with van der Waals surface area (Å²) in [6.45, 7) is 1.40. The van der Waals surface area contributed by atoms with Gasteiger partial charge in [-0.3, -0.25) is 0 Å². The lowest BCUT2D eigenvalue weighted by Gasteiger charge is -2.16. The van der Waals surface area contributed by atoms with Crippen LogP contribution in [0.15, 0.2) is 55.1 Å². The van der Waals surface area contributed by atoms with Gasteiger partial charge < -0.3 is 19.3 Å². The summed E-state index contributed by atoms with van der Waals surface area (Å²) >= 11 is 18.3. The van der Waals surface area contributed by atoms with Crippen LogP contribution in [0, 0.1) is 22.9 Å². The van der Waals surface area contributed by atoms with Gasteiger partial charge in [-0.15, -0.1) is 0 Å². The summed E-state index contributed by atoms with van der Waals surface area (Å²) in [6.07, 6.45) is 5.14. The van der Waals surface area contributed by atoms with Gasteiger partial charge in [-0.25, -0.2) is 26.3 Å². The maximum Gasteiger partial charge on any atom is 0.242 e. The molecular weight excluding hydrogens is 787 g/mol. The molecule has 18 heteroatoms. The molecule has 2 heterocycles. The van der Waals surface area contributed by atoms with Gasteiger partial charge in [-0.1, -0.05) is 39.1 Å². The Morgan fingerprint density at radius 2 is 1.34 bits per heavy atom. The number of likely N-dealkylation sites (tertiary alicyclic amines) is 2. The summed E-state index contributed by atoms with van der Waals surface area (Å²) in [5.41, 5.74) is 0. The van der Waals surface area contributed by atoms with Gasteiger partial charge in [-0.2, -0.15) is 10.5 Å². The van der Waals surface area contributed by atoms with E-state index in [4.69, 9.17) is 43.2 Å². The highest BCUT2D eigenvalue weighted by atomic mass is 79.9. The monoisotopic (exact) mass is 814 g/mol. The molecule has 0 aliphatic carbocycles. The molecule has 2 aliphatic heterocycles. The molecule has 0 spiro atoms. The second-order valence-electron chi connectivity index (χ2n) is 9.98. The van der Waals surface area contributed by atoms with Crippen molar-refractivity contribution >= 4 is 75.1 Å². The Hall–Kier alpha value is -1.70. The molecule has 0 aromatic heterocycles. The van der Waals surface area contributed by atoms with Gasteiger partial charge >= 0.3 is 0 Å². The van der Waals surface area contributed by atoms with Crippen LogP contribution in [0.1, 0.15) is 12.8 Å².